The average molecular weight is 275 g/mol. The predicted octanol–water partition coefficient (Wildman–Crippen LogP) is 3.84. The fourth-order valence-corrected chi connectivity index (χ4v) is 1.44. The molecule has 5 heteroatoms. The van der Waals surface area contributed by atoms with E-state index in [4.69, 9.17) is 32.7 Å². The third-order valence-electron chi connectivity index (χ3n) is 1.74. The summed E-state index contributed by atoms with van der Waals surface area (Å²) in [7, 11) is 0. The molecule has 17 heavy (non-hydrogen) atoms. The van der Waals surface area contributed by atoms with Crippen LogP contribution in [-0.2, 0) is 9.53 Å². The fourth-order valence-electron chi connectivity index (χ4n) is 0.984. The van der Waals surface area contributed by atoms with Crippen molar-refractivity contribution >= 4 is 29.2 Å². The first kappa shape index (κ1) is 13.9. The van der Waals surface area contributed by atoms with Crippen LogP contribution < -0.4 is 4.74 Å². The molecule has 0 heterocycles. The summed E-state index contributed by atoms with van der Waals surface area (Å²) >= 11 is 11.6. The minimum Gasteiger partial charge on any atom is -0.463 e. The molecule has 0 radical (unpaired) electrons. The largest absolute Gasteiger partial charge is 0.463 e. The van der Waals surface area contributed by atoms with Gasteiger partial charge in [0, 0.05) is 5.02 Å². The Hall–Kier alpha value is -1.19. The molecule has 0 aromatic heterocycles. The van der Waals surface area contributed by atoms with E-state index in [1.807, 2.05) is 6.92 Å². The zero-order valence-electron chi connectivity index (χ0n) is 9.28. The van der Waals surface area contributed by atoms with Crippen LogP contribution >= 0.6 is 23.2 Å². The average Bonchev–Trinajstić information content (AvgIpc) is 2.29. The highest BCUT2D eigenvalue weighted by atomic mass is 35.5. The van der Waals surface area contributed by atoms with Crippen molar-refractivity contribution in [2.24, 2.45) is 0 Å². The Bertz CT molecular complexity index is 416. The van der Waals surface area contributed by atoms with Crippen molar-refractivity contribution in [3.8, 4) is 5.75 Å². The van der Waals surface area contributed by atoms with Crippen LogP contribution in [0.4, 0.5) is 0 Å². The number of hydrogen-bond donors (Lipinski definition) is 0. The van der Waals surface area contributed by atoms with E-state index >= 15 is 0 Å². The molecule has 0 spiro atoms. The van der Waals surface area contributed by atoms with Gasteiger partial charge in [0.25, 0.3) is 0 Å². The molecule has 1 rings (SSSR count). The Morgan fingerprint density at radius 3 is 2.82 bits per heavy atom. The molecular weight excluding hydrogens is 263 g/mol. The lowest BCUT2D eigenvalue weighted by molar-refractivity contribution is -0.137. The summed E-state index contributed by atoms with van der Waals surface area (Å²) in [4.78, 5) is 11.1. The molecule has 0 aliphatic heterocycles. The highest BCUT2D eigenvalue weighted by molar-refractivity contribution is 6.35. The number of carbonyl (C=O) groups is 1. The van der Waals surface area contributed by atoms with Gasteiger partial charge in [-0.05, 0) is 24.6 Å². The van der Waals surface area contributed by atoms with Crippen molar-refractivity contribution in [1.82, 2.24) is 0 Å². The van der Waals surface area contributed by atoms with Gasteiger partial charge in [-0.3, -0.25) is 0 Å². The summed E-state index contributed by atoms with van der Waals surface area (Å²) in [5, 5.41) is 0.901. The third-order valence-corrected chi connectivity index (χ3v) is 2.27. The van der Waals surface area contributed by atoms with Crippen LogP contribution in [0.25, 0.3) is 0 Å². The van der Waals surface area contributed by atoms with E-state index in [2.05, 4.69) is 0 Å². The summed E-state index contributed by atoms with van der Waals surface area (Å²) in [6, 6.07) is 4.82. The quantitative estimate of drug-likeness (QED) is 0.465. The first-order valence-electron chi connectivity index (χ1n) is 5.08. The lowest BCUT2D eigenvalue weighted by atomic mass is 10.3. The van der Waals surface area contributed by atoms with Crippen LogP contribution in [0.2, 0.25) is 10.0 Å². The smallest absolute Gasteiger partial charge is 0.333 e. The third kappa shape index (κ3) is 5.11. The molecule has 0 aliphatic carbocycles. The number of halogens is 2. The maximum absolute atomic E-state index is 11.1. The molecule has 0 saturated carbocycles. The van der Waals surface area contributed by atoms with E-state index in [9.17, 15) is 4.79 Å². The maximum atomic E-state index is 11.1. The van der Waals surface area contributed by atoms with Crippen LogP contribution in [0.5, 0.6) is 5.75 Å². The second-order valence-electron chi connectivity index (χ2n) is 3.16. The first-order valence-corrected chi connectivity index (χ1v) is 5.84. The van der Waals surface area contributed by atoms with Gasteiger partial charge in [0.2, 0.25) is 0 Å². The van der Waals surface area contributed by atoms with Crippen molar-refractivity contribution in [3.05, 3.63) is 40.6 Å². The summed E-state index contributed by atoms with van der Waals surface area (Å²) in [6.07, 6.45) is 3.21. The molecule has 0 amide bonds. The Labute approximate surface area is 110 Å². The number of benzene rings is 1. The number of ether oxygens (including phenoxy) is 2. The molecule has 1 aromatic carbocycles. The van der Waals surface area contributed by atoms with Gasteiger partial charge < -0.3 is 9.47 Å². The van der Waals surface area contributed by atoms with Crippen LogP contribution in [0.15, 0.2) is 30.5 Å². The van der Waals surface area contributed by atoms with E-state index in [0.717, 1.165) is 6.42 Å². The molecule has 0 bridgehead atoms. The second kappa shape index (κ2) is 7.20. The molecule has 0 aliphatic rings. The standard InChI is InChI=1S/C12H12Cl2O3/c1-2-6-17-12(15)5-7-16-11-4-3-9(13)8-10(11)14/h3-5,7-8H,2,6H2,1H3/b7-5+. The summed E-state index contributed by atoms with van der Waals surface area (Å²) in [5.41, 5.74) is 0. The molecule has 92 valence electrons. The number of carbonyl (C=O) groups excluding carboxylic acids is 1. The normalized spacial score (nSPS) is 10.5. The topological polar surface area (TPSA) is 35.5 Å². The van der Waals surface area contributed by atoms with Gasteiger partial charge in [-0.2, -0.15) is 0 Å². The highest BCUT2D eigenvalue weighted by Gasteiger charge is 2.01. The molecule has 0 saturated heterocycles. The van der Waals surface area contributed by atoms with Gasteiger partial charge in [0.05, 0.1) is 24.0 Å². The zero-order chi connectivity index (χ0) is 12.7. The van der Waals surface area contributed by atoms with E-state index in [-0.39, 0.29) is 0 Å². The van der Waals surface area contributed by atoms with Crippen LogP contribution in [0.3, 0.4) is 0 Å². The Morgan fingerprint density at radius 2 is 2.18 bits per heavy atom. The maximum Gasteiger partial charge on any atom is 0.333 e. The lowest BCUT2D eigenvalue weighted by Gasteiger charge is -2.03. The predicted molar refractivity (Wildman–Crippen MR) is 67.5 cm³/mol. The first-order chi connectivity index (χ1) is 8.13. The Balaban J connectivity index is 2.49. The monoisotopic (exact) mass is 274 g/mol. The summed E-state index contributed by atoms with van der Waals surface area (Å²) < 4.78 is 9.99. The summed E-state index contributed by atoms with van der Waals surface area (Å²) in [5.74, 6) is -0.0208. The molecule has 0 atom stereocenters. The van der Waals surface area contributed by atoms with E-state index in [1.165, 1.54) is 12.3 Å². The van der Waals surface area contributed by atoms with Crippen LogP contribution in [-0.4, -0.2) is 12.6 Å². The molecule has 0 N–H and O–H groups in total. The number of rotatable bonds is 5. The molecule has 0 fully saturated rings. The van der Waals surface area contributed by atoms with Gasteiger partial charge in [0.15, 0.2) is 0 Å². The minimum absolute atomic E-state index is 0.379. The second-order valence-corrected chi connectivity index (χ2v) is 4.01. The van der Waals surface area contributed by atoms with Crippen molar-refractivity contribution in [2.45, 2.75) is 13.3 Å². The number of esters is 1. The van der Waals surface area contributed by atoms with Crippen LogP contribution in [0, 0.1) is 0 Å². The molecule has 1 aromatic rings. The van der Waals surface area contributed by atoms with Gasteiger partial charge in [-0.25, -0.2) is 4.79 Å². The Kier molecular flexibility index (Phi) is 5.87. The Morgan fingerprint density at radius 1 is 1.41 bits per heavy atom. The van der Waals surface area contributed by atoms with Crippen molar-refractivity contribution in [2.75, 3.05) is 6.61 Å². The zero-order valence-corrected chi connectivity index (χ0v) is 10.8. The van der Waals surface area contributed by atoms with Crippen molar-refractivity contribution in [3.63, 3.8) is 0 Å². The molecular formula is C12H12Cl2O3. The fraction of sp³-hybridized carbons (Fsp3) is 0.250. The van der Waals surface area contributed by atoms with E-state index in [1.54, 1.807) is 18.2 Å². The minimum atomic E-state index is -0.447. The summed E-state index contributed by atoms with van der Waals surface area (Å²) in [6.45, 7) is 2.31. The highest BCUT2D eigenvalue weighted by Crippen LogP contribution is 2.27. The van der Waals surface area contributed by atoms with Gasteiger partial charge >= 0.3 is 5.97 Å². The SMILES string of the molecule is CCCOC(=O)/C=C/Oc1ccc(Cl)cc1Cl. The van der Waals surface area contributed by atoms with Gasteiger partial charge in [-0.1, -0.05) is 30.1 Å². The lowest BCUT2D eigenvalue weighted by Crippen LogP contribution is -2.01. The van der Waals surface area contributed by atoms with Crippen molar-refractivity contribution < 1.29 is 14.3 Å². The van der Waals surface area contributed by atoms with Gasteiger partial charge in [0.1, 0.15) is 5.75 Å². The molecule has 3 nitrogen and oxygen atoms in total. The van der Waals surface area contributed by atoms with E-state index in [0.29, 0.717) is 22.4 Å². The van der Waals surface area contributed by atoms with Gasteiger partial charge in [-0.15, -0.1) is 0 Å². The molecule has 0 unspecified atom stereocenters. The number of hydrogen-bond acceptors (Lipinski definition) is 3. The van der Waals surface area contributed by atoms with E-state index < -0.39 is 5.97 Å². The van der Waals surface area contributed by atoms with Crippen LogP contribution in [0.1, 0.15) is 13.3 Å². The van der Waals surface area contributed by atoms with Crippen molar-refractivity contribution in [1.29, 1.82) is 0 Å².